The maximum absolute atomic E-state index is 10.8. The molecular weight excluding hydrogens is 312 g/mol. The molecule has 0 radical (unpaired) electrons. The second kappa shape index (κ2) is 6.50. The summed E-state index contributed by atoms with van der Waals surface area (Å²) < 4.78 is 5.76. The molecule has 0 atom stereocenters. The standard InChI is InChI=1S/C17H14N2O3S/c18-17-19-15(10-23-17)13-2-1-3-14(8-13)22-9-11-4-6-12(7-5-11)16(20)21/h1-8,10H,9H2,(H2,18,19)(H,20,21). The molecule has 0 aliphatic rings. The number of carbonyl (C=O) groups is 1. The summed E-state index contributed by atoms with van der Waals surface area (Å²) >= 11 is 1.40. The van der Waals surface area contributed by atoms with Crippen molar-refractivity contribution in [2.24, 2.45) is 0 Å². The zero-order chi connectivity index (χ0) is 16.2. The van der Waals surface area contributed by atoms with Gasteiger partial charge in [-0.15, -0.1) is 11.3 Å². The molecule has 0 saturated heterocycles. The fraction of sp³-hybridized carbons (Fsp3) is 0.0588. The number of aromatic carboxylic acids is 1. The summed E-state index contributed by atoms with van der Waals surface area (Å²) in [7, 11) is 0. The van der Waals surface area contributed by atoms with Gasteiger partial charge in [0.25, 0.3) is 0 Å². The topological polar surface area (TPSA) is 85.4 Å². The maximum Gasteiger partial charge on any atom is 0.335 e. The van der Waals surface area contributed by atoms with Crippen LogP contribution in [0.5, 0.6) is 5.75 Å². The zero-order valence-corrected chi connectivity index (χ0v) is 12.9. The molecule has 1 aromatic heterocycles. The van der Waals surface area contributed by atoms with Crippen LogP contribution in [0.25, 0.3) is 11.3 Å². The Hall–Kier alpha value is -2.86. The lowest BCUT2D eigenvalue weighted by atomic mass is 10.1. The molecule has 0 bridgehead atoms. The van der Waals surface area contributed by atoms with E-state index in [1.165, 1.54) is 11.3 Å². The van der Waals surface area contributed by atoms with Gasteiger partial charge >= 0.3 is 5.97 Å². The van der Waals surface area contributed by atoms with Crippen molar-refractivity contribution in [1.29, 1.82) is 0 Å². The predicted molar refractivity (Wildman–Crippen MR) is 89.7 cm³/mol. The van der Waals surface area contributed by atoms with Gasteiger partial charge in [-0.2, -0.15) is 0 Å². The first kappa shape index (κ1) is 15.1. The molecule has 116 valence electrons. The number of thiazole rings is 1. The Bertz CT molecular complexity index is 828. The summed E-state index contributed by atoms with van der Waals surface area (Å²) in [5.74, 6) is -0.218. The Labute approximate surface area is 137 Å². The molecule has 3 aromatic rings. The van der Waals surface area contributed by atoms with E-state index in [1.807, 2.05) is 29.6 Å². The van der Waals surface area contributed by atoms with Crippen LogP contribution in [0.2, 0.25) is 0 Å². The molecule has 0 fully saturated rings. The number of ether oxygens (including phenoxy) is 1. The number of benzene rings is 2. The van der Waals surface area contributed by atoms with Crippen molar-refractivity contribution in [3.8, 4) is 17.0 Å². The van der Waals surface area contributed by atoms with Crippen molar-refractivity contribution < 1.29 is 14.6 Å². The number of anilines is 1. The van der Waals surface area contributed by atoms with E-state index >= 15 is 0 Å². The predicted octanol–water partition coefficient (Wildman–Crippen LogP) is 3.67. The van der Waals surface area contributed by atoms with E-state index in [1.54, 1.807) is 24.3 Å². The number of hydrogen-bond acceptors (Lipinski definition) is 5. The van der Waals surface area contributed by atoms with Crippen LogP contribution in [0.15, 0.2) is 53.9 Å². The molecule has 1 heterocycles. The van der Waals surface area contributed by atoms with Crippen LogP contribution in [-0.2, 0) is 6.61 Å². The average molecular weight is 326 g/mol. The van der Waals surface area contributed by atoms with Crippen molar-refractivity contribution in [3.05, 3.63) is 65.0 Å². The van der Waals surface area contributed by atoms with Gasteiger partial charge in [-0.1, -0.05) is 24.3 Å². The van der Waals surface area contributed by atoms with E-state index in [0.717, 1.165) is 22.6 Å². The third-order valence-electron chi connectivity index (χ3n) is 3.26. The number of nitrogens with two attached hydrogens (primary N) is 1. The Balaban J connectivity index is 1.69. The number of carboxylic acid groups (broad SMARTS) is 1. The molecule has 0 unspecified atom stereocenters. The van der Waals surface area contributed by atoms with E-state index in [9.17, 15) is 4.79 Å². The molecule has 0 saturated carbocycles. The van der Waals surface area contributed by atoms with E-state index < -0.39 is 5.97 Å². The third-order valence-corrected chi connectivity index (χ3v) is 3.93. The van der Waals surface area contributed by atoms with Gasteiger partial charge < -0.3 is 15.6 Å². The second-order valence-electron chi connectivity index (χ2n) is 4.89. The number of hydrogen-bond donors (Lipinski definition) is 2. The first-order valence-corrected chi connectivity index (χ1v) is 7.76. The number of rotatable bonds is 5. The smallest absolute Gasteiger partial charge is 0.335 e. The number of nitrogen functional groups attached to an aromatic ring is 1. The maximum atomic E-state index is 10.8. The molecule has 3 rings (SSSR count). The number of nitrogens with zero attached hydrogens (tertiary/aromatic N) is 1. The van der Waals surface area contributed by atoms with Crippen molar-refractivity contribution in [1.82, 2.24) is 4.98 Å². The quantitative estimate of drug-likeness (QED) is 0.747. The van der Waals surface area contributed by atoms with Gasteiger partial charge in [-0.25, -0.2) is 9.78 Å². The highest BCUT2D eigenvalue weighted by molar-refractivity contribution is 7.13. The van der Waals surface area contributed by atoms with Crippen LogP contribution in [0.4, 0.5) is 5.13 Å². The molecule has 0 aliphatic heterocycles. The fourth-order valence-corrected chi connectivity index (χ4v) is 2.65. The molecule has 0 spiro atoms. The Morgan fingerprint density at radius 3 is 2.65 bits per heavy atom. The largest absolute Gasteiger partial charge is 0.489 e. The summed E-state index contributed by atoms with van der Waals surface area (Å²) in [6, 6.07) is 14.2. The summed E-state index contributed by atoms with van der Waals surface area (Å²) in [5.41, 5.74) is 8.58. The normalized spacial score (nSPS) is 10.4. The lowest BCUT2D eigenvalue weighted by Gasteiger charge is -2.08. The number of aromatic nitrogens is 1. The van der Waals surface area contributed by atoms with Gasteiger partial charge in [0.1, 0.15) is 12.4 Å². The molecular formula is C17H14N2O3S. The minimum absolute atomic E-state index is 0.261. The summed E-state index contributed by atoms with van der Waals surface area (Å²) in [6.45, 7) is 0.364. The van der Waals surface area contributed by atoms with Crippen molar-refractivity contribution in [3.63, 3.8) is 0 Å². The molecule has 0 aliphatic carbocycles. The highest BCUT2D eigenvalue weighted by atomic mass is 32.1. The minimum atomic E-state index is -0.937. The second-order valence-corrected chi connectivity index (χ2v) is 5.78. The lowest BCUT2D eigenvalue weighted by Crippen LogP contribution is -1.99. The van der Waals surface area contributed by atoms with Gasteiger partial charge in [0, 0.05) is 10.9 Å². The Morgan fingerprint density at radius 1 is 1.22 bits per heavy atom. The first-order chi connectivity index (χ1) is 11.1. The molecule has 6 heteroatoms. The SMILES string of the molecule is Nc1nc(-c2cccc(OCc3ccc(C(=O)O)cc3)c2)cs1. The van der Waals surface area contributed by atoms with Crippen LogP contribution in [0.3, 0.4) is 0 Å². The molecule has 5 nitrogen and oxygen atoms in total. The Kier molecular flexibility index (Phi) is 4.25. The van der Waals surface area contributed by atoms with E-state index in [2.05, 4.69) is 4.98 Å². The van der Waals surface area contributed by atoms with E-state index in [0.29, 0.717) is 11.7 Å². The number of carboxylic acids is 1. The van der Waals surface area contributed by atoms with Crippen molar-refractivity contribution >= 4 is 22.4 Å². The lowest BCUT2D eigenvalue weighted by molar-refractivity contribution is 0.0697. The summed E-state index contributed by atoms with van der Waals surface area (Å²) in [4.78, 5) is 15.1. The van der Waals surface area contributed by atoms with Crippen LogP contribution in [-0.4, -0.2) is 16.1 Å². The van der Waals surface area contributed by atoms with Crippen LogP contribution in [0.1, 0.15) is 15.9 Å². The van der Waals surface area contributed by atoms with Crippen LogP contribution < -0.4 is 10.5 Å². The average Bonchev–Trinajstić information content (AvgIpc) is 3.00. The van der Waals surface area contributed by atoms with E-state index in [4.69, 9.17) is 15.6 Å². The van der Waals surface area contributed by atoms with Crippen molar-refractivity contribution in [2.45, 2.75) is 6.61 Å². The van der Waals surface area contributed by atoms with Gasteiger partial charge in [0.2, 0.25) is 0 Å². The van der Waals surface area contributed by atoms with Gasteiger partial charge in [-0.3, -0.25) is 0 Å². The van der Waals surface area contributed by atoms with Gasteiger partial charge in [0.15, 0.2) is 5.13 Å². The Morgan fingerprint density at radius 2 is 2.00 bits per heavy atom. The molecule has 3 N–H and O–H groups in total. The third kappa shape index (κ3) is 3.67. The van der Waals surface area contributed by atoms with E-state index in [-0.39, 0.29) is 5.56 Å². The zero-order valence-electron chi connectivity index (χ0n) is 12.1. The first-order valence-electron chi connectivity index (χ1n) is 6.88. The van der Waals surface area contributed by atoms with Crippen LogP contribution in [0, 0.1) is 0 Å². The summed E-state index contributed by atoms with van der Waals surface area (Å²) in [5, 5.41) is 11.3. The van der Waals surface area contributed by atoms with Crippen molar-refractivity contribution in [2.75, 3.05) is 5.73 Å². The summed E-state index contributed by atoms with van der Waals surface area (Å²) in [6.07, 6.45) is 0. The van der Waals surface area contributed by atoms with Gasteiger partial charge in [0.05, 0.1) is 11.3 Å². The molecule has 2 aromatic carbocycles. The molecule has 23 heavy (non-hydrogen) atoms. The van der Waals surface area contributed by atoms with Gasteiger partial charge in [-0.05, 0) is 29.8 Å². The van der Waals surface area contributed by atoms with Crippen LogP contribution >= 0.6 is 11.3 Å². The monoisotopic (exact) mass is 326 g/mol. The molecule has 0 amide bonds. The minimum Gasteiger partial charge on any atom is -0.489 e. The fourth-order valence-electron chi connectivity index (χ4n) is 2.08. The highest BCUT2D eigenvalue weighted by Gasteiger charge is 2.05. The highest BCUT2D eigenvalue weighted by Crippen LogP contribution is 2.26.